The summed E-state index contributed by atoms with van der Waals surface area (Å²) in [7, 11) is 0. The van der Waals surface area contributed by atoms with Crippen molar-refractivity contribution in [1.82, 2.24) is 9.88 Å². The molecule has 2 aromatic rings. The highest BCUT2D eigenvalue weighted by Crippen LogP contribution is 2.26. The van der Waals surface area contributed by atoms with Crippen LogP contribution in [0.15, 0.2) is 36.7 Å². The van der Waals surface area contributed by atoms with Gasteiger partial charge in [0.05, 0.1) is 11.7 Å². The van der Waals surface area contributed by atoms with Crippen LogP contribution in [0.25, 0.3) is 11.1 Å². The van der Waals surface area contributed by atoms with E-state index in [1.54, 1.807) is 29.4 Å². The Hall–Kier alpha value is -2.14. The lowest BCUT2D eigenvalue weighted by molar-refractivity contribution is 0.0766. The third-order valence-corrected chi connectivity index (χ3v) is 3.58. The fourth-order valence-electron chi connectivity index (χ4n) is 2.51. The fourth-order valence-corrected chi connectivity index (χ4v) is 2.51. The molecule has 0 spiro atoms. The molecule has 20 heavy (non-hydrogen) atoms. The molecule has 3 rings (SSSR count). The summed E-state index contributed by atoms with van der Waals surface area (Å²) >= 11 is 0. The standard InChI is InChI=1S/C15H15FN2O2/c16-11-3-1-10(2-4-11)13-7-17-8-14(13)15(20)18-6-5-12(19)9-18/h1-4,7-8,12,17,19H,5-6,9H2/t12-/m1/s1. The molecule has 1 atom stereocenters. The molecule has 0 aliphatic carbocycles. The lowest BCUT2D eigenvalue weighted by Gasteiger charge is -2.15. The van der Waals surface area contributed by atoms with Crippen LogP contribution in [-0.4, -0.2) is 40.1 Å². The summed E-state index contributed by atoms with van der Waals surface area (Å²) in [5.74, 6) is -0.415. The largest absolute Gasteiger partial charge is 0.391 e. The van der Waals surface area contributed by atoms with Gasteiger partial charge in [0.15, 0.2) is 0 Å². The van der Waals surface area contributed by atoms with Crippen LogP contribution in [0.4, 0.5) is 4.39 Å². The number of carbonyl (C=O) groups excluding carboxylic acids is 1. The Balaban J connectivity index is 1.90. The number of β-amino-alcohol motifs (C(OH)–C–C–N with tert-alkyl or cyclic N) is 1. The smallest absolute Gasteiger partial charge is 0.256 e. The predicted molar refractivity (Wildman–Crippen MR) is 72.7 cm³/mol. The number of nitrogens with zero attached hydrogens (tertiary/aromatic N) is 1. The first-order chi connectivity index (χ1) is 9.65. The van der Waals surface area contributed by atoms with Crippen molar-refractivity contribution in [3.63, 3.8) is 0 Å². The van der Waals surface area contributed by atoms with Crippen LogP contribution < -0.4 is 0 Å². The molecule has 1 aromatic carbocycles. The van der Waals surface area contributed by atoms with Gasteiger partial charge < -0.3 is 15.0 Å². The Labute approximate surface area is 115 Å². The van der Waals surface area contributed by atoms with Crippen LogP contribution in [0.2, 0.25) is 0 Å². The Kier molecular flexibility index (Phi) is 3.28. The van der Waals surface area contributed by atoms with E-state index in [-0.39, 0.29) is 11.7 Å². The Morgan fingerprint density at radius 1 is 1.30 bits per heavy atom. The van der Waals surface area contributed by atoms with Crippen LogP contribution in [0.3, 0.4) is 0 Å². The van der Waals surface area contributed by atoms with Crippen LogP contribution in [-0.2, 0) is 0 Å². The van der Waals surface area contributed by atoms with Crippen molar-refractivity contribution in [2.75, 3.05) is 13.1 Å². The van der Waals surface area contributed by atoms with E-state index in [2.05, 4.69) is 4.98 Å². The maximum atomic E-state index is 13.0. The molecule has 104 valence electrons. The molecule has 5 heteroatoms. The van der Waals surface area contributed by atoms with E-state index in [0.29, 0.717) is 25.1 Å². The second-order valence-corrected chi connectivity index (χ2v) is 4.98. The molecule has 0 saturated carbocycles. The van der Waals surface area contributed by atoms with Gasteiger partial charge in [-0.25, -0.2) is 4.39 Å². The number of aliphatic hydroxyl groups excluding tert-OH is 1. The molecule has 1 aromatic heterocycles. The van der Waals surface area contributed by atoms with E-state index in [4.69, 9.17) is 0 Å². The SMILES string of the molecule is O=C(c1c[nH]cc1-c1ccc(F)cc1)N1CC[C@@H](O)C1. The van der Waals surface area contributed by atoms with Gasteiger partial charge in [0.1, 0.15) is 5.82 Å². The number of likely N-dealkylation sites (tertiary alicyclic amines) is 1. The number of aliphatic hydroxyl groups is 1. The second-order valence-electron chi connectivity index (χ2n) is 4.98. The molecule has 2 heterocycles. The Morgan fingerprint density at radius 2 is 2.05 bits per heavy atom. The molecule has 4 nitrogen and oxygen atoms in total. The number of carbonyl (C=O) groups is 1. The van der Waals surface area contributed by atoms with E-state index in [1.807, 2.05) is 0 Å². The highest BCUT2D eigenvalue weighted by atomic mass is 19.1. The molecule has 2 N–H and O–H groups in total. The number of H-pyrrole nitrogens is 1. The molecular formula is C15H15FN2O2. The summed E-state index contributed by atoms with van der Waals surface area (Å²) in [6, 6.07) is 6.04. The zero-order valence-corrected chi connectivity index (χ0v) is 10.8. The van der Waals surface area contributed by atoms with E-state index < -0.39 is 6.10 Å². The van der Waals surface area contributed by atoms with Gasteiger partial charge in [-0.05, 0) is 24.1 Å². The van der Waals surface area contributed by atoms with Gasteiger partial charge >= 0.3 is 0 Å². The average molecular weight is 274 g/mol. The van der Waals surface area contributed by atoms with E-state index in [1.165, 1.54) is 12.1 Å². The van der Waals surface area contributed by atoms with Gasteiger partial charge in [-0.3, -0.25) is 4.79 Å². The molecule has 1 saturated heterocycles. The highest BCUT2D eigenvalue weighted by molar-refractivity contribution is 6.00. The number of benzene rings is 1. The molecule has 1 aliphatic rings. The first kappa shape index (κ1) is 12.9. The molecule has 1 fully saturated rings. The number of aromatic amines is 1. The number of rotatable bonds is 2. The molecule has 0 radical (unpaired) electrons. The molecule has 1 amide bonds. The minimum Gasteiger partial charge on any atom is -0.391 e. The number of halogens is 1. The van der Waals surface area contributed by atoms with Crippen LogP contribution in [0.1, 0.15) is 16.8 Å². The minimum absolute atomic E-state index is 0.109. The average Bonchev–Trinajstić information content (AvgIpc) is 3.07. The maximum absolute atomic E-state index is 13.0. The number of amides is 1. The Morgan fingerprint density at radius 3 is 2.70 bits per heavy atom. The van der Waals surface area contributed by atoms with E-state index in [9.17, 15) is 14.3 Å². The minimum atomic E-state index is -0.438. The van der Waals surface area contributed by atoms with E-state index >= 15 is 0 Å². The number of nitrogens with one attached hydrogen (secondary N) is 1. The molecular weight excluding hydrogens is 259 g/mol. The van der Waals surface area contributed by atoms with Gasteiger partial charge in [0.25, 0.3) is 5.91 Å². The quantitative estimate of drug-likeness (QED) is 0.880. The van der Waals surface area contributed by atoms with Gasteiger partial charge in [-0.15, -0.1) is 0 Å². The summed E-state index contributed by atoms with van der Waals surface area (Å²) < 4.78 is 13.0. The third kappa shape index (κ3) is 2.32. The normalized spacial score (nSPS) is 18.5. The molecule has 1 aliphatic heterocycles. The fraction of sp³-hybridized carbons (Fsp3) is 0.267. The summed E-state index contributed by atoms with van der Waals surface area (Å²) in [5, 5.41) is 9.52. The maximum Gasteiger partial charge on any atom is 0.256 e. The van der Waals surface area contributed by atoms with Crippen LogP contribution >= 0.6 is 0 Å². The second kappa shape index (κ2) is 5.09. The predicted octanol–water partition coefficient (Wildman–Crippen LogP) is 2.03. The van der Waals surface area contributed by atoms with Crippen molar-refractivity contribution in [1.29, 1.82) is 0 Å². The summed E-state index contributed by atoms with van der Waals surface area (Å²) in [4.78, 5) is 17.0. The highest BCUT2D eigenvalue weighted by Gasteiger charge is 2.27. The first-order valence-electron chi connectivity index (χ1n) is 6.55. The Bertz CT molecular complexity index is 621. The van der Waals surface area contributed by atoms with Crippen molar-refractivity contribution < 1.29 is 14.3 Å². The van der Waals surface area contributed by atoms with Crippen molar-refractivity contribution in [2.45, 2.75) is 12.5 Å². The van der Waals surface area contributed by atoms with Gasteiger partial charge in [0, 0.05) is 31.0 Å². The van der Waals surface area contributed by atoms with Gasteiger partial charge in [-0.2, -0.15) is 0 Å². The zero-order chi connectivity index (χ0) is 14.1. The summed E-state index contributed by atoms with van der Waals surface area (Å²) in [6.07, 6.45) is 3.55. The van der Waals surface area contributed by atoms with Crippen molar-refractivity contribution in [3.05, 3.63) is 48.0 Å². The summed E-state index contributed by atoms with van der Waals surface area (Å²) in [6.45, 7) is 0.931. The van der Waals surface area contributed by atoms with Crippen molar-refractivity contribution in [3.8, 4) is 11.1 Å². The molecule has 0 bridgehead atoms. The number of aromatic nitrogens is 1. The lowest BCUT2D eigenvalue weighted by atomic mass is 10.0. The van der Waals surface area contributed by atoms with Crippen molar-refractivity contribution >= 4 is 5.91 Å². The molecule has 0 unspecified atom stereocenters. The van der Waals surface area contributed by atoms with Crippen LogP contribution in [0, 0.1) is 5.82 Å². The van der Waals surface area contributed by atoms with E-state index in [0.717, 1.165) is 11.1 Å². The first-order valence-corrected chi connectivity index (χ1v) is 6.55. The number of hydrogen-bond acceptors (Lipinski definition) is 2. The van der Waals surface area contributed by atoms with Crippen molar-refractivity contribution in [2.24, 2.45) is 0 Å². The number of hydrogen-bond donors (Lipinski definition) is 2. The topological polar surface area (TPSA) is 56.3 Å². The van der Waals surface area contributed by atoms with Gasteiger partial charge in [0.2, 0.25) is 0 Å². The lowest BCUT2D eigenvalue weighted by Crippen LogP contribution is -2.29. The van der Waals surface area contributed by atoms with Gasteiger partial charge in [-0.1, -0.05) is 12.1 Å². The third-order valence-electron chi connectivity index (χ3n) is 3.58. The monoisotopic (exact) mass is 274 g/mol. The zero-order valence-electron chi connectivity index (χ0n) is 10.8. The van der Waals surface area contributed by atoms with Crippen LogP contribution in [0.5, 0.6) is 0 Å². The summed E-state index contributed by atoms with van der Waals surface area (Å²) in [5.41, 5.74) is 2.08.